The zero-order valence-electron chi connectivity index (χ0n) is 16.0. The topological polar surface area (TPSA) is 37.8 Å². The number of hydrogen-bond acceptors (Lipinski definition) is 3. The molecule has 1 aliphatic rings. The van der Waals surface area contributed by atoms with E-state index in [0.717, 1.165) is 22.4 Å². The molecule has 0 radical (unpaired) electrons. The van der Waals surface area contributed by atoms with E-state index in [2.05, 4.69) is 17.2 Å². The lowest BCUT2D eigenvalue weighted by molar-refractivity contribution is 0.439. The number of nitrogens with zero attached hydrogens (tertiary/aromatic N) is 2. The van der Waals surface area contributed by atoms with Gasteiger partial charge in [-0.15, -0.1) is 0 Å². The lowest BCUT2D eigenvalue weighted by atomic mass is 9.80. The third-order valence-corrected chi connectivity index (χ3v) is 5.59. The summed E-state index contributed by atoms with van der Waals surface area (Å²) in [6, 6.07) is 26.7. The molecule has 5 rings (SSSR count). The van der Waals surface area contributed by atoms with E-state index in [9.17, 15) is 0 Å². The van der Waals surface area contributed by atoms with E-state index >= 15 is 4.39 Å². The van der Waals surface area contributed by atoms with Crippen molar-refractivity contribution in [2.75, 3.05) is 0 Å². The average molecular weight is 381 g/mol. The predicted octanol–water partition coefficient (Wildman–Crippen LogP) is 5.24. The summed E-state index contributed by atoms with van der Waals surface area (Å²) in [5.41, 5.74) is 3.36. The van der Waals surface area contributed by atoms with Crippen molar-refractivity contribution in [1.82, 2.24) is 15.3 Å². The van der Waals surface area contributed by atoms with Gasteiger partial charge in [0.1, 0.15) is 11.4 Å². The molecule has 1 aliphatic heterocycles. The molecular formula is C25H20FN3. The molecule has 1 aromatic heterocycles. The molecule has 3 nitrogen and oxygen atoms in total. The molecule has 2 unspecified atom stereocenters. The van der Waals surface area contributed by atoms with Crippen molar-refractivity contribution < 1.29 is 4.39 Å². The Kier molecular flexibility index (Phi) is 4.22. The maximum absolute atomic E-state index is 15.1. The van der Waals surface area contributed by atoms with E-state index in [1.165, 1.54) is 6.07 Å². The summed E-state index contributed by atoms with van der Waals surface area (Å²) in [7, 11) is 0. The van der Waals surface area contributed by atoms with Gasteiger partial charge in [-0.1, -0.05) is 78.9 Å². The van der Waals surface area contributed by atoms with Gasteiger partial charge < -0.3 is 0 Å². The Hall–Kier alpha value is -3.37. The van der Waals surface area contributed by atoms with Crippen LogP contribution >= 0.6 is 0 Å². The summed E-state index contributed by atoms with van der Waals surface area (Å²) in [4.78, 5) is 9.58. The first-order valence-corrected chi connectivity index (χ1v) is 9.71. The minimum absolute atomic E-state index is 0.0189. The van der Waals surface area contributed by atoms with Crippen molar-refractivity contribution in [3.05, 3.63) is 119 Å². The molecule has 2 atom stereocenters. The molecule has 0 aliphatic carbocycles. The molecule has 4 aromatic rings. The Morgan fingerprint density at radius 1 is 0.862 bits per heavy atom. The van der Waals surface area contributed by atoms with E-state index in [1.54, 1.807) is 6.07 Å². The second kappa shape index (κ2) is 6.90. The first-order chi connectivity index (χ1) is 14.2. The Balaban J connectivity index is 1.82. The first-order valence-electron chi connectivity index (χ1n) is 9.71. The van der Waals surface area contributed by atoms with Crippen LogP contribution in [0.5, 0.6) is 0 Å². The molecular weight excluding hydrogens is 361 g/mol. The smallest absolute Gasteiger partial charge is 0.159 e. The maximum Gasteiger partial charge on any atom is 0.159 e. The summed E-state index contributed by atoms with van der Waals surface area (Å²) in [6.45, 7) is 2.07. The van der Waals surface area contributed by atoms with Crippen LogP contribution in [0, 0.1) is 5.82 Å². The van der Waals surface area contributed by atoms with Crippen LogP contribution in [-0.4, -0.2) is 9.97 Å². The average Bonchev–Trinajstić information content (AvgIpc) is 3.08. The quantitative estimate of drug-likeness (QED) is 0.527. The molecule has 0 saturated carbocycles. The van der Waals surface area contributed by atoms with Gasteiger partial charge in [0.15, 0.2) is 5.82 Å². The number of nitrogens with one attached hydrogen (secondary N) is 1. The van der Waals surface area contributed by atoms with Gasteiger partial charge in [-0.05, 0) is 18.6 Å². The van der Waals surface area contributed by atoms with Crippen LogP contribution in [-0.2, 0) is 5.54 Å². The van der Waals surface area contributed by atoms with Gasteiger partial charge >= 0.3 is 0 Å². The Morgan fingerprint density at radius 2 is 1.52 bits per heavy atom. The van der Waals surface area contributed by atoms with Crippen molar-refractivity contribution >= 4 is 0 Å². The Labute approximate surface area is 169 Å². The Morgan fingerprint density at radius 3 is 2.24 bits per heavy atom. The van der Waals surface area contributed by atoms with E-state index in [0.29, 0.717) is 11.4 Å². The standard InChI is InChI=1S/C25H20FN3/c1-17-20-16-27-24(18-10-4-2-5-11-18)28-23(20)25(29-17,19-12-6-3-7-13-19)21-14-8-9-15-22(21)26/h2-17,29H,1H3. The van der Waals surface area contributed by atoms with Crippen LogP contribution in [0.4, 0.5) is 4.39 Å². The normalized spacial score (nSPS) is 20.4. The second-order valence-corrected chi connectivity index (χ2v) is 7.33. The number of fused-ring (bicyclic) bond motifs is 1. The summed E-state index contributed by atoms with van der Waals surface area (Å²) >= 11 is 0. The van der Waals surface area contributed by atoms with Gasteiger partial charge in [-0.2, -0.15) is 0 Å². The van der Waals surface area contributed by atoms with E-state index in [4.69, 9.17) is 4.98 Å². The first kappa shape index (κ1) is 17.7. The van der Waals surface area contributed by atoms with Gasteiger partial charge in [0.25, 0.3) is 0 Å². The molecule has 0 saturated heterocycles. The van der Waals surface area contributed by atoms with Crippen LogP contribution in [0.25, 0.3) is 11.4 Å². The highest BCUT2D eigenvalue weighted by Gasteiger charge is 2.48. The molecule has 0 amide bonds. The van der Waals surface area contributed by atoms with Gasteiger partial charge in [0.05, 0.1) is 5.69 Å². The summed E-state index contributed by atoms with van der Waals surface area (Å²) in [5, 5.41) is 3.64. The van der Waals surface area contributed by atoms with Crippen LogP contribution in [0.15, 0.2) is 91.1 Å². The molecule has 0 bridgehead atoms. The molecule has 0 fully saturated rings. The van der Waals surface area contributed by atoms with Crippen LogP contribution in [0.2, 0.25) is 0 Å². The van der Waals surface area contributed by atoms with Crippen molar-refractivity contribution in [3.63, 3.8) is 0 Å². The minimum atomic E-state index is -0.881. The molecule has 29 heavy (non-hydrogen) atoms. The van der Waals surface area contributed by atoms with Crippen molar-refractivity contribution in [3.8, 4) is 11.4 Å². The van der Waals surface area contributed by atoms with E-state index in [1.807, 2.05) is 79.0 Å². The van der Waals surface area contributed by atoms with Gasteiger partial charge in [0, 0.05) is 28.9 Å². The monoisotopic (exact) mass is 381 g/mol. The summed E-state index contributed by atoms with van der Waals surface area (Å²) < 4.78 is 15.1. The number of halogens is 1. The largest absolute Gasteiger partial charge is 0.292 e. The van der Waals surface area contributed by atoms with Crippen LogP contribution < -0.4 is 5.32 Å². The third-order valence-electron chi connectivity index (χ3n) is 5.59. The molecule has 3 aromatic carbocycles. The number of hydrogen-bond donors (Lipinski definition) is 1. The summed E-state index contributed by atoms with van der Waals surface area (Å²) in [6.07, 6.45) is 1.87. The minimum Gasteiger partial charge on any atom is -0.292 e. The number of benzene rings is 3. The lowest BCUT2D eigenvalue weighted by Gasteiger charge is -2.32. The summed E-state index contributed by atoms with van der Waals surface area (Å²) in [5.74, 6) is 0.376. The van der Waals surface area contributed by atoms with E-state index in [-0.39, 0.29) is 11.9 Å². The number of aromatic nitrogens is 2. The second-order valence-electron chi connectivity index (χ2n) is 7.33. The molecule has 4 heteroatoms. The molecule has 0 spiro atoms. The SMILES string of the molecule is CC1NC(c2ccccc2)(c2ccccc2F)c2nc(-c3ccccc3)ncc21. The van der Waals surface area contributed by atoms with Gasteiger partial charge in [-0.3, -0.25) is 5.32 Å². The van der Waals surface area contributed by atoms with Gasteiger partial charge in [-0.25, -0.2) is 14.4 Å². The Bertz CT molecular complexity index is 1160. The molecule has 142 valence electrons. The fourth-order valence-corrected chi connectivity index (χ4v) is 4.24. The highest BCUT2D eigenvalue weighted by atomic mass is 19.1. The highest BCUT2D eigenvalue weighted by molar-refractivity contribution is 5.59. The van der Waals surface area contributed by atoms with Crippen LogP contribution in [0.1, 0.15) is 35.3 Å². The predicted molar refractivity (Wildman–Crippen MR) is 112 cm³/mol. The molecule has 2 heterocycles. The fraction of sp³-hybridized carbons (Fsp3) is 0.120. The van der Waals surface area contributed by atoms with Crippen molar-refractivity contribution in [2.24, 2.45) is 0 Å². The van der Waals surface area contributed by atoms with Crippen molar-refractivity contribution in [1.29, 1.82) is 0 Å². The van der Waals surface area contributed by atoms with Crippen LogP contribution in [0.3, 0.4) is 0 Å². The third kappa shape index (κ3) is 2.76. The van der Waals surface area contributed by atoms with Gasteiger partial charge in [0.2, 0.25) is 0 Å². The zero-order chi connectivity index (χ0) is 19.8. The van der Waals surface area contributed by atoms with Crippen molar-refractivity contribution in [2.45, 2.75) is 18.5 Å². The maximum atomic E-state index is 15.1. The molecule has 1 N–H and O–H groups in total. The number of rotatable bonds is 3. The zero-order valence-corrected chi connectivity index (χ0v) is 16.0. The fourth-order valence-electron chi connectivity index (χ4n) is 4.24. The lowest BCUT2D eigenvalue weighted by Crippen LogP contribution is -2.41. The highest BCUT2D eigenvalue weighted by Crippen LogP contribution is 2.46. The van der Waals surface area contributed by atoms with E-state index < -0.39 is 5.54 Å².